The standard InChI is InChI=1S/C25H29FN2O/c26-23-13-7-5-9-20(23)18-28-17-19(22-12-6-8-14-24(22)28)15-16-25(29)27-21-10-3-1-2-4-11-21/h5-9,12-14,17,21H,1-4,10-11,15-16,18H2,(H,27,29). The van der Waals surface area contributed by atoms with Gasteiger partial charge in [0.1, 0.15) is 5.82 Å². The molecule has 1 aliphatic rings. The van der Waals surface area contributed by atoms with E-state index in [1.807, 2.05) is 24.3 Å². The third-order valence-electron chi connectivity index (χ3n) is 6.01. The maximum absolute atomic E-state index is 14.1. The predicted octanol–water partition coefficient (Wildman–Crippen LogP) is 5.60. The van der Waals surface area contributed by atoms with Gasteiger partial charge in [-0.3, -0.25) is 4.79 Å². The number of carbonyl (C=O) groups excluding carboxylic acids is 1. The molecule has 0 unspecified atom stereocenters. The fourth-order valence-corrected chi connectivity index (χ4v) is 4.43. The second-order valence-corrected chi connectivity index (χ2v) is 8.15. The van der Waals surface area contributed by atoms with E-state index in [-0.39, 0.29) is 11.7 Å². The van der Waals surface area contributed by atoms with E-state index in [1.54, 1.807) is 6.07 Å². The summed E-state index contributed by atoms with van der Waals surface area (Å²) in [7, 11) is 0. The van der Waals surface area contributed by atoms with Gasteiger partial charge in [-0.2, -0.15) is 0 Å². The number of hydrogen-bond acceptors (Lipinski definition) is 1. The molecule has 2 aromatic carbocycles. The first kappa shape index (κ1) is 19.7. The minimum Gasteiger partial charge on any atom is -0.353 e. The normalized spacial score (nSPS) is 15.3. The van der Waals surface area contributed by atoms with Crippen LogP contribution in [0.2, 0.25) is 0 Å². The Kier molecular flexibility index (Phi) is 6.28. The fourth-order valence-electron chi connectivity index (χ4n) is 4.43. The highest BCUT2D eigenvalue weighted by atomic mass is 19.1. The molecule has 0 atom stereocenters. The number of carbonyl (C=O) groups is 1. The van der Waals surface area contributed by atoms with Gasteiger partial charge in [0.15, 0.2) is 0 Å². The van der Waals surface area contributed by atoms with Crippen LogP contribution in [0.5, 0.6) is 0 Å². The summed E-state index contributed by atoms with van der Waals surface area (Å²) in [5, 5.41) is 4.38. The van der Waals surface area contributed by atoms with Crippen molar-refractivity contribution in [3.8, 4) is 0 Å². The predicted molar refractivity (Wildman–Crippen MR) is 115 cm³/mol. The molecule has 0 spiro atoms. The minimum atomic E-state index is -0.186. The third-order valence-corrected chi connectivity index (χ3v) is 6.01. The zero-order valence-corrected chi connectivity index (χ0v) is 16.9. The molecular weight excluding hydrogens is 363 g/mol. The van der Waals surface area contributed by atoms with Crippen LogP contribution < -0.4 is 5.32 Å². The maximum atomic E-state index is 14.1. The van der Waals surface area contributed by atoms with E-state index < -0.39 is 0 Å². The van der Waals surface area contributed by atoms with Crippen molar-refractivity contribution >= 4 is 16.8 Å². The summed E-state index contributed by atoms with van der Waals surface area (Å²) in [5.41, 5.74) is 2.90. The van der Waals surface area contributed by atoms with Crippen LogP contribution >= 0.6 is 0 Å². The van der Waals surface area contributed by atoms with Crippen LogP contribution in [-0.4, -0.2) is 16.5 Å². The van der Waals surface area contributed by atoms with Crippen LogP contribution in [0.1, 0.15) is 56.1 Å². The van der Waals surface area contributed by atoms with E-state index in [2.05, 4.69) is 28.2 Å². The first-order valence-corrected chi connectivity index (χ1v) is 10.8. The van der Waals surface area contributed by atoms with E-state index in [9.17, 15) is 9.18 Å². The molecule has 3 aromatic rings. The zero-order chi connectivity index (χ0) is 20.1. The number of hydrogen-bond donors (Lipinski definition) is 1. The van der Waals surface area contributed by atoms with Gasteiger partial charge < -0.3 is 9.88 Å². The van der Waals surface area contributed by atoms with Gasteiger partial charge in [-0.1, -0.05) is 62.1 Å². The summed E-state index contributed by atoms with van der Waals surface area (Å²) in [6, 6.07) is 15.4. The summed E-state index contributed by atoms with van der Waals surface area (Å²) in [5.74, 6) is -0.0440. The Hall–Kier alpha value is -2.62. The topological polar surface area (TPSA) is 34.0 Å². The lowest BCUT2D eigenvalue weighted by molar-refractivity contribution is -0.121. The van der Waals surface area contributed by atoms with E-state index in [1.165, 1.54) is 31.7 Å². The molecule has 4 heteroatoms. The van der Waals surface area contributed by atoms with Crippen LogP contribution in [0, 0.1) is 5.82 Å². The lowest BCUT2D eigenvalue weighted by Gasteiger charge is -2.16. The minimum absolute atomic E-state index is 0.142. The van der Waals surface area contributed by atoms with E-state index >= 15 is 0 Å². The second-order valence-electron chi connectivity index (χ2n) is 8.15. The Balaban J connectivity index is 1.46. The van der Waals surface area contributed by atoms with Gasteiger partial charge >= 0.3 is 0 Å². The highest BCUT2D eigenvalue weighted by molar-refractivity contribution is 5.85. The zero-order valence-electron chi connectivity index (χ0n) is 16.9. The lowest BCUT2D eigenvalue weighted by Crippen LogP contribution is -2.34. The maximum Gasteiger partial charge on any atom is 0.220 e. The van der Waals surface area contributed by atoms with Crippen molar-refractivity contribution in [2.75, 3.05) is 0 Å². The van der Waals surface area contributed by atoms with Gasteiger partial charge in [0, 0.05) is 35.1 Å². The summed E-state index contributed by atoms with van der Waals surface area (Å²) in [6.45, 7) is 0.488. The van der Waals surface area contributed by atoms with Crippen LogP contribution in [0.4, 0.5) is 4.39 Å². The number of nitrogens with zero attached hydrogens (tertiary/aromatic N) is 1. The van der Waals surface area contributed by atoms with Gasteiger partial charge in [-0.15, -0.1) is 0 Å². The van der Waals surface area contributed by atoms with Crippen LogP contribution in [0.3, 0.4) is 0 Å². The number of benzene rings is 2. The van der Waals surface area contributed by atoms with Crippen molar-refractivity contribution in [3.05, 3.63) is 71.7 Å². The van der Waals surface area contributed by atoms with E-state index in [0.717, 1.165) is 29.3 Å². The van der Waals surface area contributed by atoms with Crippen LogP contribution in [-0.2, 0) is 17.8 Å². The van der Waals surface area contributed by atoms with Crippen LogP contribution in [0.15, 0.2) is 54.7 Å². The molecule has 1 aromatic heterocycles. The molecule has 152 valence electrons. The van der Waals surface area contributed by atoms with Gasteiger partial charge in [0.2, 0.25) is 5.91 Å². The van der Waals surface area contributed by atoms with E-state index in [0.29, 0.717) is 31.0 Å². The molecule has 29 heavy (non-hydrogen) atoms. The molecule has 1 heterocycles. The molecule has 0 radical (unpaired) electrons. The monoisotopic (exact) mass is 392 g/mol. The Labute approximate surface area is 171 Å². The molecule has 0 aliphatic heterocycles. The van der Waals surface area contributed by atoms with Crippen molar-refractivity contribution in [2.24, 2.45) is 0 Å². The Bertz CT molecular complexity index is 970. The van der Waals surface area contributed by atoms with Gasteiger partial charge in [-0.05, 0) is 37.0 Å². The summed E-state index contributed by atoms with van der Waals surface area (Å²) < 4.78 is 16.2. The number of rotatable bonds is 6. The van der Waals surface area contributed by atoms with Crippen molar-refractivity contribution in [1.82, 2.24) is 9.88 Å². The average molecular weight is 393 g/mol. The van der Waals surface area contributed by atoms with Gasteiger partial charge in [0.05, 0.1) is 6.54 Å². The number of aromatic nitrogens is 1. The molecule has 1 N–H and O–H groups in total. The largest absolute Gasteiger partial charge is 0.353 e. The molecule has 1 aliphatic carbocycles. The molecule has 1 amide bonds. The molecular formula is C25H29FN2O. The van der Waals surface area contributed by atoms with Crippen LogP contribution in [0.25, 0.3) is 10.9 Å². The smallest absolute Gasteiger partial charge is 0.220 e. The van der Waals surface area contributed by atoms with Crippen molar-refractivity contribution < 1.29 is 9.18 Å². The Morgan fingerprint density at radius 1 is 0.966 bits per heavy atom. The Morgan fingerprint density at radius 2 is 1.69 bits per heavy atom. The molecule has 4 rings (SSSR count). The first-order chi connectivity index (χ1) is 14.2. The van der Waals surface area contributed by atoms with Gasteiger partial charge in [0.25, 0.3) is 0 Å². The fraction of sp³-hybridized carbons (Fsp3) is 0.400. The summed E-state index contributed by atoms with van der Waals surface area (Å²) in [6.07, 6.45) is 10.5. The Morgan fingerprint density at radius 3 is 2.48 bits per heavy atom. The van der Waals surface area contributed by atoms with Crippen molar-refractivity contribution in [3.63, 3.8) is 0 Å². The summed E-state index contributed by atoms with van der Waals surface area (Å²) in [4.78, 5) is 12.5. The second kappa shape index (κ2) is 9.25. The molecule has 3 nitrogen and oxygen atoms in total. The molecule has 0 bridgehead atoms. The van der Waals surface area contributed by atoms with E-state index in [4.69, 9.17) is 0 Å². The molecule has 1 saturated carbocycles. The van der Waals surface area contributed by atoms with Crippen molar-refractivity contribution in [1.29, 1.82) is 0 Å². The quantitative estimate of drug-likeness (QED) is 0.544. The summed E-state index contributed by atoms with van der Waals surface area (Å²) >= 11 is 0. The highest BCUT2D eigenvalue weighted by Crippen LogP contribution is 2.24. The number of amides is 1. The number of nitrogens with one attached hydrogen (secondary N) is 1. The third kappa shape index (κ3) is 4.87. The lowest BCUT2D eigenvalue weighted by atomic mass is 10.1. The number of fused-ring (bicyclic) bond motifs is 1. The molecule has 1 fully saturated rings. The van der Waals surface area contributed by atoms with Gasteiger partial charge in [-0.25, -0.2) is 4.39 Å². The number of halogens is 1. The van der Waals surface area contributed by atoms with Crippen molar-refractivity contribution in [2.45, 2.75) is 64.0 Å². The first-order valence-electron chi connectivity index (χ1n) is 10.8. The SMILES string of the molecule is O=C(CCc1cn(Cc2ccccc2F)c2ccccc12)NC1CCCCCC1. The average Bonchev–Trinajstić information content (AvgIpc) is 2.88. The number of para-hydroxylation sites is 1. The number of aryl methyl sites for hydroxylation is 1. The molecule has 0 saturated heterocycles. The highest BCUT2D eigenvalue weighted by Gasteiger charge is 2.16.